The van der Waals surface area contributed by atoms with Gasteiger partial charge in [0.1, 0.15) is 11.9 Å². The molecule has 0 aromatic heterocycles. The number of amides is 2. The third-order valence-corrected chi connectivity index (χ3v) is 3.98. The fourth-order valence-corrected chi connectivity index (χ4v) is 2.41. The van der Waals surface area contributed by atoms with E-state index in [0.717, 1.165) is 0 Å². The van der Waals surface area contributed by atoms with Gasteiger partial charge in [-0.2, -0.15) is 11.8 Å². The summed E-state index contributed by atoms with van der Waals surface area (Å²) in [7, 11) is 0. The van der Waals surface area contributed by atoms with Crippen molar-refractivity contribution in [2.75, 3.05) is 17.3 Å². The summed E-state index contributed by atoms with van der Waals surface area (Å²) >= 11 is 4.54. The number of hydrogen-bond donors (Lipinski definition) is 3. The molecule has 0 saturated carbocycles. The maximum Gasteiger partial charge on any atom is 0.326 e. The van der Waals surface area contributed by atoms with E-state index in [1.807, 2.05) is 6.26 Å². The minimum atomic E-state index is -1.09. The smallest absolute Gasteiger partial charge is 0.326 e. The van der Waals surface area contributed by atoms with Crippen LogP contribution in [-0.4, -0.2) is 35.2 Å². The number of urea groups is 1. The Hall–Kier alpha value is -1.28. The quantitative estimate of drug-likeness (QED) is 0.709. The molecule has 0 bridgehead atoms. The van der Waals surface area contributed by atoms with Crippen LogP contribution in [0.5, 0.6) is 0 Å². The van der Waals surface area contributed by atoms with Gasteiger partial charge in [0.25, 0.3) is 0 Å². The van der Waals surface area contributed by atoms with Gasteiger partial charge in [-0.25, -0.2) is 14.0 Å². The highest BCUT2D eigenvalue weighted by atomic mass is 79.9. The van der Waals surface area contributed by atoms with Gasteiger partial charge in [0, 0.05) is 5.69 Å². The van der Waals surface area contributed by atoms with E-state index in [0.29, 0.717) is 23.4 Å². The first-order chi connectivity index (χ1) is 9.85. The molecule has 5 nitrogen and oxygen atoms in total. The van der Waals surface area contributed by atoms with Crippen molar-refractivity contribution in [3.05, 3.63) is 28.0 Å². The number of carbonyl (C=O) groups is 2. The number of nitrogens with one attached hydrogen (secondary N) is 2. The van der Waals surface area contributed by atoms with Crippen LogP contribution in [0.4, 0.5) is 14.9 Å². The number of anilines is 1. The fourth-order valence-electron chi connectivity index (χ4n) is 1.59. The number of carboxylic acids is 1. The molecule has 3 N–H and O–H groups in total. The standard InChI is InChI=1S/C13H16BrFN2O3S/c1-7-5-9(15)8(14)6-11(7)17-13(20)16-10(12(18)19)3-4-21-2/h5-6,10H,3-4H2,1-2H3,(H,18,19)(H2,16,17,20)/t10-/m1/s1. The summed E-state index contributed by atoms with van der Waals surface area (Å²) in [6.07, 6.45) is 2.19. The summed E-state index contributed by atoms with van der Waals surface area (Å²) in [5, 5.41) is 14.0. The molecule has 116 valence electrons. The van der Waals surface area contributed by atoms with Gasteiger partial charge < -0.3 is 15.7 Å². The first-order valence-electron chi connectivity index (χ1n) is 6.10. The Morgan fingerprint density at radius 2 is 2.14 bits per heavy atom. The highest BCUT2D eigenvalue weighted by Gasteiger charge is 2.19. The molecule has 0 aliphatic rings. The van der Waals surface area contributed by atoms with Gasteiger partial charge in [-0.15, -0.1) is 0 Å². The van der Waals surface area contributed by atoms with Crippen LogP contribution in [0.25, 0.3) is 0 Å². The largest absolute Gasteiger partial charge is 0.480 e. The molecule has 0 aliphatic carbocycles. The van der Waals surface area contributed by atoms with Crippen LogP contribution < -0.4 is 10.6 Å². The molecular weight excluding hydrogens is 363 g/mol. The molecule has 0 spiro atoms. The molecule has 2 amide bonds. The molecule has 0 unspecified atom stereocenters. The number of thioether (sulfide) groups is 1. The van der Waals surface area contributed by atoms with E-state index in [1.165, 1.54) is 23.9 Å². The maximum absolute atomic E-state index is 13.3. The lowest BCUT2D eigenvalue weighted by molar-refractivity contribution is -0.139. The number of aliphatic carboxylic acids is 1. The van der Waals surface area contributed by atoms with E-state index in [1.54, 1.807) is 6.92 Å². The van der Waals surface area contributed by atoms with Crippen molar-refractivity contribution in [3.63, 3.8) is 0 Å². The van der Waals surface area contributed by atoms with Gasteiger partial charge >= 0.3 is 12.0 Å². The third kappa shape index (κ3) is 5.55. The van der Waals surface area contributed by atoms with Gasteiger partial charge in [-0.05, 0) is 59.0 Å². The second-order valence-corrected chi connectivity index (χ2v) is 6.19. The fraction of sp³-hybridized carbons (Fsp3) is 0.385. The summed E-state index contributed by atoms with van der Waals surface area (Å²) in [6, 6.07) is 1.12. The number of benzene rings is 1. The monoisotopic (exact) mass is 378 g/mol. The molecular formula is C13H16BrFN2O3S. The molecule has 0 radical (unpaired) electrons. The molecule has 8 heteroatoms. The molecule has 1 atom stereocenters. The minimum Gasteiger partial charge on any atom is -0.480 e. The van der Waals surface area contributed by atoms with Crippen molar-refractivity contribution in [2.45, 2.75) is 19.4 Å². The van der Waals surface area contributed by atoms with Crippen LogP contribution in [0.2, 0.25) is 0 Å². The van der Waals surface area contributed by atoms with Crippen LogP contribution >= 0.6 is 27.7 Å². The number of carboxylic acid groups (broad SMARTS) is 1. The number of hydrogen-bond acceptors (Lipinski definition) is 3. The lowest BCUT2D eigenvalue weighted by Crippen LogP contribution is -2.43. The van der Waals surface area contributed by atoms with Crippen molar-refractivity contribution in [3.8, 4) is 0 Å². The van der Waals surface area contributed by atoms with Crippen molar-refractivity contribution in [2.24, 2.45) is 0 Å². The molecule has 21 heavy (non-hydrogen) atoms. The predicted molar refractivity (Wildman–Crippen MR) is 85.4 cm³/mol. The SMILES string of the molecule is CSCC[C@@H](NC(=O)Nc1cc(Br)c(F)cc1C)C(=O)O. The van der Waals surface area contributed by atoms with Crippen molar-refractivity contribution >= 4 is 45.4 Å². The topological polar surface area (TPSA) is 78.4 Å². The average molecular weight is 379 g/mol. The van der Waals surface area contributed by atoms with Gasteiger partial charge in [-0.1, -0.05) is 0 Å². The number of carbonyl (C=O) groups excluding carboxylic acids is 1. The summed E-state index contributed by atoms with van der Waals surface area (Å²) in [4.78, 5) is 22.9. The normalized spacial score (nSPS) is 11.8. The van der Waals surface area contributed by atoms with E-state index < -0.39 is 23.9 Å². The zero-order chi connectivity index (χ0) is 16.0. The molecule has 0 fully saturated rings. The second-order valence-electron chi connectivity index (χ2n) is 4.35. The minimum absolute atomic E-state index is 0.223. The molecule has 1 rings (SSSR count). The Balaban J connectivity index is 2.72. The Kier molecular flexibility index (Phi) is 6.97. The van der Waals surface area contributed by atoms with Gasteiger partial charge in [-0.3, -0.25) is 0 Å². The van der Waals surface area contributed by atoms with Crippen LogP contribution in [-0.2, 0) is 4.79 Å². The first-order valence-corrected chi connectivity index (χ1v) is 8.28. The van der Waals surface area contributed by atoms with E-state index >= 15 is 0 Å². The first kappa shape index (κ1) is 17.8. The lowest BCUT2D eigenvalue weighted by atomic mass is 10.2. The van der Waals surface area contributed by atoms with Gasteiger partial charge in [0.15, 0.2) is 0 Å². The summed E-state index contributed by atoms with van der Waals surface area (Å²) in [5.74, 6) is -0.892. The van der Waals surface area contributed by atoms with E-state index in [2.05, 4.69) is 26.6 Å². The van der Waals surface area contributed by atoms with Crippen LogP contribution in [0.3, 0.4) is 0 Å². The Morgan fingerprint density at radius 1 is 1.48 bits per heavy atom. The summed E-state index contributed by atoms with van der Waals surface area (Å²) in [5.41, 5.74) is 0.955. The predicted octanol–water partition coefficient (Wildman–Crippen LogP) is 3.22. The molecule has 0 heterocycles. The zero-order valence-corrected chi connectivity index (χ0v) is 14.0. The second kappa shape index (κ2) is 8.23. The number of halogens is 2. The van der Waals surface area contributed by atoms with E-state index in [-0.39, 0.29) is 4.47 Å². The highest BCUT2D eigenvalue weighted by molar-refractivity contribution is 9.10. The zero-order valence-electron chi connectivity index (χ0n) is 11.6. The molecule has 1 aromatic rings. The average Bonchev–Trinajstić information content (AvgIpc) is 2.40. The molecule has 0 aliphatic heterocycles. The van der Waals surface area contributed by atoms with Crippen molar-refractivity contribution < 1.29 is 19.1 Å². The van der Waals surface area contributed by atoms with E-state index in [4.69, 9.17) is 5.11 Å². The van der Waals surface area contributed by atoms with Gasteiger partial charge in [0.2, 0.25) is 0 Å². The Labute approximate surface area is 134 Å². The Morgan fingerprint density at radius 3 is 2.71 bits per heavy atom. The maximum atomic E-state index is 13.3. The van der Waals surface area contributed by atoms with Crippen molar-refractivity contribution in [1.29, 1.82) is 0 Å². The van der Waals surface area contributed by atoms with Crippen LogP contribution in [0.15, 0.2) is 16.6 Å². The summed E-state index contributed by atoms with van der Waals surface area (Å²) in [6.45, 7) is 1.65. The third-order valence-electron chi connectivity index (χ3n) is 2.73. The van der Waals surface area contributed by atoms with Crippen LogP contribution in [0, 0.1) is 12.7 Å². The summed E-state index contributed by atoms with van der Waals surface area (Å²) < 4.78 is 13.5. The van der Waals surface area contributed by atoms with E-state index in [9.17, 15) is 14.0 Å². The molecule has 1 aromatic carbocycles. The Bertz CT molecular complexity index is 542. The van der Waals surface area contributed by atoms with Crippen LogP contribution in [0.1, 0.15) is 12.0 Å². The highest BCUT2D eigenvalue weighted by Crippen LogP contribution is 2.24. The van der Waals surface area contributed by atoms with Crippen molar-refractivity contribution in [1.82, 2.24) is 5.32 Å². The molecule has 0 saturated heterocycles. The number of aryl methyl sites for hydroxylation is 1. The number of rotatable bonds is 6. The lowest BCUT2D eigenvalue weighted by Gasteiger charge is -2.15. The van der Waals surface area contributed by atoms with Gasteiger partial charge in [0.05, 0.1) is 4.47 Å².